The summed E-state index contributed by atoms with van der Waals surface area (Å²) < 4.78 is 0. The second-order valence-electron chi connectivity index (χ2n) is 4.78. The number of likely N-dealkylation sites (N-methyl/N-ethyl adjacent to an activating group) is 1. The third-order valence-electron chi connectivity index (χ3n) is 3.40. The molecule has 0 saturated carbocycles. The Morgan fingerprint density at radius 1 is 1.29 bits per heavy atom. The van der Waals surface area contributed by atoms with E-state index in [1.54, 1.807) is 29.4 Å². The number of rotatable bonds is 9. The SMILES string of the molecule is CCN(CC)CCN(CCC(N)=S)C(=O)c1cccnc1. The summed E-state index contributed by atoms with van der Waals surface area (Å²) in [6.45, 7) is 8.23. The highest BCUT2D eigenvalue weighted by molar-refractivity contribution is 7.80. The number of hydrogen-bond donors (Lipinski definition) is 1. The summed E-state index contributed by atoms with van der Waals surface area (Å²) >= 11 is 4.92. The van der Waals surface area contributed by atoms with Gasteiger partial charge in [0.2, 0.25) is 0 Å². The molecule has 0 fully saturated rings. The molecule has 1 aromatic rings. The van der Waals surface area contributed by atoms with Crippen molar-refractivity contribution >= 4 is 23.1 Å². The Morgan fingerprint density at radius 2 is 2.00 bits per heavy atom. The van der Waals surface area contributed by atoms with Crippen molar-refractivity contribution in [3.05, 3.63) is 30.1 Å². The molecule has 1 heterocycles. The van der Waals surface area contributed by atoms with Gasteiger partial charge in [0.1, 0.15) is 0 Å². The molecule has 116 valence electrons. The van der Waals surface area contributed by atoms with E-state index < -0.39 is 0 Å². The van der Waals surface area contributed by atoms with Crippen LogP contribution in [0.2, 0.25) is 0 Å². The van der Waals surface area contributed by atoms with Crippen molar-refractivity contribution in [2.24, 2.45) is 5.73 Å². The quantitative estimate of drug-likeness (QED) is 0.701. The lowest BCUT2D eigenvalue weighted by Crippen LogP contribution is -2.40. The van der Waals surface area contributed by atoms with Crippen LogP contribution < -0.4 is 5.73 Å². The normalized spacial score (nSPS) is 10.6. The molecule has 1 aromatic heterocycles. The summed E-state index contributed by atoms with van der Waals surface area (Å²) in [6, 6.07) is 3.55. The van der Waals surface area contributed by atoms with Gasteiger partial charge in [-0.25, -0.2) is 0 Å². The first-order valence-corrected chi connectivity index (χ1v) is 7.69. The summed E-state index contributed by atoms with van der Waals surface area (Å²) in [5.41, 5.74) is 6.16. The van der Waals surface area contributed by atoms with Crippen molar-refractivity contribution in [3.8, 4) is 0 Å². The molecule has 0 aliphatic rings. The molecule has 0 aromatic carbocycles. The predicted molar refractivity (Wildman–Crippen MR) is 89.3 cm³/mol. The summed E-state index contributed by atoms with van der Waals surface area (Å²) in [5, 5.41) is 0. The summed E-state index contributed by atoms with van der Waals surface area (Å²) in [6.07, 6.45) is 3.79. The largest absolute Gasteiger partial charge is 0.393 e. The highest BCUT2D eigenvalue weighted by atomic mass is 32.1. The van der Waals surface area contributed by atoms with Crippen LogP contribution in [0, 0.1) is 0 Å². The molecule has 5 nitrogen and oxygen atoms in total. The van der Waals surface area contributed by atoms with Crippen LogP contribution in [0.15, 0.2) is 24.5 Å². The van der Waals surface area contributed by atoms with Crippen LogP contribution in [0.1, 0.15) is 30.6 Å². The van der Waals surface area contributed by atoms with Crippen molar-refractivity contribution in [3.63, 3.8) is 0 Å². The van der Waals surface area contributed by atoms with Gasteiger partial charge in [0, 0.05) is 38.4 Å². The van der Waals surface area contributed by atoms with Crippen LogP contribution in [0.25, 0.3) is 0 Å². The third kappa shape index (κ3) is 6.18. The van der Waals surface area contributed by atoms with E-state index in [-0.39, 0.29) is 5.91 Å². The van der Waals surface area contributed by atoms with Gasteiger partial charge in [0.15, 0.2) is 0 Å². The van der Waals surface area contributed by atoms with Crippen LogP contribution in [0.3, 0.4) is 0 Å². The van der Waals surface area contributed by atoms with Gasteiger partial charge in [-0.1, -0.05) is 26.1 Å². The van der Waals surface area contributed by atoms with Crippen LogP contribution in [0.4, 0.5) is 0 Å². The Morgan fingerprint density at radius 3 is 2.52 bits per heavy atom. The number of carbonyl (C=O) groups is 1. The van der Waals surface area contributed by atoms with Crippen LogP contribution >= 0.6 is 12.2 Å². The molecular weight excluding hydrogens is 284 g/mol. The molecule has 1 amide bonds. The predicted octanol–water partition coefficient (Wildman–Crippen LogP) is 1.54. The lowest BCUT2D eigenvalue weighted by molar-refractivity contribution is 0.0742. The molecule has 21 heavy (non-hydrogen) atoms. The fourth-order valence-corrected chi connectivity index (χ4v) is 2.13. The minimum Gasteiger partial charge on any atom is -0.393 e. The number of thiocarbonyl (C=S) groups is 1. The van der Waals surface area contributed by atoms with Crippen molar-refractivity contribution in [1.82, 2.24) is 14.8 Å². The van der Waals surface area contributed by atoms with E-state index in [4.69, 9.17) is 18.0 Å². The van der Waals surface area contributed by atoms with Gasteiger partial charge in [-0.15, -0.1) is 0 Å². The van der Waals surface area contributed by atoms with E-state index in [9.17, 15) is 4.79 Å². The second-order valence-corrected chi connectivity index (χ2v) is 5.30. The number of carbonyl (C=O) groups excluding carboxylic acids is 1. The molecule has 0 bridgehead atoms. The summed E-state index contributed by atoms with van der Waals surface area (Å²) in [4.78, 5) is 21.0. The average Bonchev–Trinajstić information content (AvgIpc) is 2.51. The smallest absolute Gasteiger partial charge is 0.255 e. The highest BCUT2D eigenvalue weighted by Gasteiger charge is 2.16. The first-order chi connectivity index (χ1) is 10.1. The Hall–Kier alpha value is -1.53. The van der Waals surface area contributed by atoms with Gasteiger partial charge < -0.3 is 15.5 Å². The Labute approximate surface area is 132 Å². The van der Waals surface area contributed by atoms with E-state index in [1.165, 1.54) is 0 Å². The van der Waals surface area contributed by atoms with Gasteiger partial charge >= 0.3 is 0 Å². The van der Waals surface area contributed by atoms with E-state index in [1.807, 2.05) is 0 Å². The Kier molecular flexibility index (Phi) is 7.85. The molecular formula is C15H24N4OS. The van der Waals surface area contributed by atoms with Gasteiger partial charge in [-0.2, -0.15) is 0 Å². The minimum absolute atomic E-state index is 0.0218. The van der Waals surface area contributed by atoms with Crippen molar-refractivity contribution in [2.45, 2.75) is 20.3 Å². The highest BCUT2D eigenvalue weighted by Crippen LogP contribution is 2.05. The number of amides is 1. The number of aromatic nitrogens is 1. The number of nitrogens with two attached hydrogens (primary N) is 1. The molecule has 0 atom stereocenters. The zero-order valence-corrected chi connectivity index (χ0v) is 13.6. The summed E-state index contributed by atoms with van der Waals surface area (Å²) in [5.74, 6) is -0.0218. The molecule has 1 rings (SSSR count). The molecule has 2 N–H and O–H groups in total. The fourth-order valence-electron chi connectivity index (χ4n) is 2.03. The number of pyridine rings is 1. The zero-order valence-electron chi connectivity index (χ0n) is 12.8. The molecule has 0 radical (unpaired) electrons. The standard InChI is InChI=1S/C15H24N4OS/c1-3-18(4-2)10-11-19(9-7-14(16)21)15(20)13-6-5-8-17-12-13/h5-6,8,12H,3-4,7,9-11H2,1-2H3,(H2,16,21). The monoisotopic (exact) mass is 308 g/mol. The maximum atomic E-state index is 12.5. The summed E-state index contributed by atoms with van der Waals surface area (Å²) in [7, 11) is 0. The maximum absolute atomic E-state index is 12.5. The second kappa shape index (κ2) is 9.41. The molecule has 0 spiro atoms. The molecule has 0 aliphatic heterocycles. The molecule has 0 unspecified atom stereocenters. The van der Waals surface area contributed by atoms with E-state index in [0.29, 0.717) is 30.1 Å². The Bertz CT molecular complexity index is 448. The number of hydrogen-bond acceptors (Lipinski definition) is 4. The lowest BCUT2D eigenvalue weighted by Gasteiger charge is -2.26. The number of nitrogens with zero attached hydrogens (tertiary/aromatic N) is 3. The molecule has 0 saturated heterocycles. The maximum Gasteiger partial charge on any atom is 0.255 e. The Balaban J connectivity index is 2.71. The molecule has 6 heteroatoms. The van der Waals surface area contributed by atoms with Crippen molar-refractivity contribution in [1.29, 1.82) is 0 Å². The van der Waals surface area contributed by atoms with E-state index in [0.717, 1.165) is 19.6 Å². The van der Waals surface area contributed by atoms with Crippen LogP contribution in [0.5, 0.6) is 0 Å². The molecule has 0 aliphatic carbocycles. The first kappa shape index (κ1) is 17.5. The van der Waals surface area contributed by atoms with Crippen molar-refractivity contribution in [2.75, 3.05) is 32.7 Å². The minimum atomic E-state index is -0.0218. The van der Waals surface area contributed by atoms with Gasteiger partial charge in [0.05, 0.1) is 10.6 Å². The lowest BCUT2D eigenvalue weighted by atomic mass is 10.2. The zero-order chi connectivity index (χ0) is 15.7. The first-order valence-electron chi connectivity index (χ1n) is 7.28. The van der Waals surface area contributed by atoms with E-state index in [2.05, 4.69) is 23.7 Å². The van der Waals surface area contributed by atoms with Crippen LogP contribution in [-0.2, 0) is 0 Å². The van der Waals surface area contributed by atoms with Gasteiger partial charge in [0.25, 0.3) is 5.91 Å². The average molecular weight is 308 g/mol. The van der Waals surface area contributed by atoms with E-state index >= 15 is 0 Å². The van der Waals surface area contributed by atoms with Crippen molar-refractivity contribution < 1.29 is 4.79 Å². The topological polar surface area (TPSA) is 62.5 Å². The fraction of sp³-hybridized carbons (Fsp3) is 0.533. The van der Waals surface area contributed by atoms with Gasteiger partial charge in [-0.3, -0.25) is 9.78 Å². The van der Waals surface area contributed by atoms with Gasteiger partial charge in [-0.05, 0) is 25.2 Å². The third-order valence-corrected chi connectivity index (χ3v) is 3.61. The van der Waals surface area contributed by atoms with Crippen LogP contribution in [-0.4, -0.2) is 58.4 Å².